The third-order valence-electron chi connectivity index (χ3n) is 5.85. The predicted molar refractivity (Wildman–Crippen MR) is 126 cm³/mol. The molecule has 2 aromatic carbocycles. The van der Waals surface area contributed by atoms with E-state index in [9.17, 15) is 29.4 Å². The Kier molecular flexibility index (Phi) is 8.80. The third kappa shape index (κ3) is 6.80. The number of nitrogens with one attached hydrogen (secondary N) is 2. The van der Waals surface area contributed by atoms with Gasteiger partial charge in [-0.05, 0) is 30.5 Å². The van der Waals surface area contributed by atoms with Crippen molar-refractivity contribution < 1.29 is 34.1 Å². The van der Waals surface area contributed by atoms with E-state index in [2.05, 4.69) is 10.6 Å². The van der Waals surface area contributed by atoms with Gasteiger partial charge in [-0.1, -0.05) is 42.5 Å². The highest BCUT2D eigenvalue weighted by Gasteiger charge is 2.30. The molecule has 3 amide bonds. The summed E-state index contributed by atoms with van der Waals surface area (Å²) in [6.45, 7) is -0.619. The Hall–Kier alpha value is -3.92. The molecular weight excluding hydrogens is 454 g/mol. The van der Waals surface area contributed by atoms with Crippen LogP contribution in [0, 0.1) is 0 Å². The van der Waals surface area contributed by atoms with E-state index in [1.165, 1.54) is 11.0 Å². The molecular formula is C25H29N3O7. The molecule has 0 saturated heterocycles. The summed E-state index contributed by atoms with van der Waals surface area (Å²) in [5.74, 6) is -2.85. The summed E-state index contributed by atoms with van der Waals surface area (Å²) in [6, 6.07) is 12.8. The fraction of sp³-hybridized carbons (Fsp3) is 0.360. The molecule has 10 heteroatoms. The van der Waals surface area contributed by atoms with Crippen LogP contribution in [0.5, 0.6) is 5.75 Å². The van der Waals surface area contributed by atoms with Crippen LogP contribution in [0.3, 0.4) is 0 Å². The number of carboxylic acids is 1. The molecule has 4 N–H and O–H groups in total. The monoisotopic (exact) mass is 483 g/mol. The highest BCUT2D eigenvalue weighted by Crippen LogP contribution is 2.20. The molecule has 186 valence electrons. The maximum Gasteiger partial charge on any atom is 0.326 e. The van der Waals surface area contributed by atoms with Crippen molar-refractivity contribution in [3.63, 3.8) is 0 Å². The lowest BCUT2D eigenvalue weighted by Crippen LogP contribution is -2.53. The Morgan fingerprint density at radius 2 is 1.74 bits per heavy atom. The first-order valence-electron chi connectivity index (χ1n) is 11.3. The number of carbonyl (C=O) groups excluding carboxylic acids is 3. The van der Waals surface area contributed by atoms with Crippen LogP contribution in [0.1, 0.15) is 28.8 Å². The number of fused-ring (bicyclic) bond motifs is 1. The first-order chi connectivity index (χ1) is 16.8. The second-order valence-corrected chi connectivity index (χ2v) is 8.31. The van der Waals surface area contributed by atoms with Crippen molar-refractivity contribution in [3.05, 3.63) is 65.7 Å². The van der Waals surface area contributed by atoms with Gasteiger partial charge in [0.25, 0.3) is 5.91 Å². The van der Waals surface area contributed by atoms with Gasteiger partial charge in [-0.2, -0.15) is 0 Å². The largest absolute Gasteiger partial charge is 0.491 e. The van der Waals surface area contributed by atoms with E-state index < -0.39 is 48.4 Å². The molecule has 1 aliphatic heterocycles. The summed E-state index contributed by atoms with van der Waals surface area (Å²) in [6.07, 6.45) is -0.0459. The maximum atomic E-state index is 13.2. The van der Waals surface area contributed by atoms with E-state index >= 15 is 0 Å². The van der Waals surface area contributed by atoms with E-state index in [0.717, 1.165) is 5.56 Å². The average molecular weight is 484 g/mol. The van der Waals surface area contributed by atoms with Crippen LogP contribution in [0.15, 0.2) is 54.6 Å². The lowest BCUT2D eigenvalue weighted by atomic mass is 10.0. The quantitative estimate of drug-likeness (QED) is 0.498. The van der Waals surface area contributed by atoms with E-state index in [1.54, 1.807) is 25.2 Å². The van der Waals surface area contributed by atoms with Crippen molar-refractivity contribution >= 4 is 23.7 Å². The van der Waals surface area contributed by atoms with Gasteiger partial charge in [0.2, 0.25) is 11.8 Å². The normalized spacial score (nSPS) is 22.1. The molecule has 0 fully saturated rings. The second kappa shape index (κ2) is 12.0. The number of aliphatic hydroxyl groups excluding tert-OH is 1. The Morgan fingerprint density at radius 1 is 1.06 bits per heavy atom. The number of nitrogens with zero attached hydrogens (tertiary/aromatic N) is 1. The molecule has 0 unspecified atom stereocenters. The molecule has 1 aliphatic rings. The molecule has 0 aromatic heterocycles. The number of aliphatic carboxylic acids is 1. The van der Waals surface area contributed by atoms with Crippen molar-refractivity contribution in [1.82, 2.24) is 15.5 Å². The SMILES string of the molecule is CN1C(=O)[C@H](CO)NC(=O)CC[C@@H](C(=O)O)NC(=O)c2ccccc2OC[C@H]1Cc1ccccc1. The first-order valence-corrected chi connectivity index (χ1v) is 11.3. The second-order valence-electron chi connectivity index (χ2n) is 8.31. The molecule has 1 heterocycles. The predicted octanol–water partition coefficient (Wildman–Crippen LogP) is 0.589. The molecule has 0 aliphatic carbocycles. The lowest BCUT2D eigenvalue weighted by Gasteiger charge is -2.31. The molecule has 0 saturated carbocycles. The van der Waals surface area contributed by atoms with Crippen molar-refractivity contribution in [2.75, 3.05) is 20.3 Å². The minimum Gasteiger partial charge on any atom is -0.491 e. The molecule has 35 heavy (non-hydrogen) atoms. The van der Waals surface area contributed by atoms with E-state index in [0.29, 0.717) is 6.42 Å². The highest BCUT2D eigenvalue weighted by molar-refractivity contribution is 5.99. The fourth-order valence-electron chi connectivity index (χ4n) is 3.81. The summed E-state index contributed by atoms with van der Waals surface area (Å²) >= 11 is 0. The average Bonchev–Trinajstić information content (AvgIpc) is 2.86. The summed E-state index contributed by atoms with van der Waals surface area (Å²) in [4.78, 5) is 51.6. The van der Waals surface area contributed by atoms with Crippen molar-refractivity contribution in [1.29, 1.82) is 0 Å². The number of amides is 3. The van der Waals surface area contributed by atoms with Gasteiger partial charge in [-0.3, -0.25) is 14.4 Å². The molecule has 0 spiro atoms. The summed E-state index contributed by atoms with van der Waals surface area (Å²) in [5, 5.41) is 24.2. The Balaban J connectivity index is 1.96. The zero-order valence-corrected chi connectivity index (χ0v) is 19.3. The number of ether oxygens (including phenoxy) is 1. The van der Waals surface area contributed by atoms with Gasteiger partial charge in [-0.25, -0.2) is 4.79 Å². The van der Waals surface area contributed by atoms with E-state index in [4.69, 9.17) is 4.74 Å². The van der Waals surface area contributed by atoms with E-state index in [1.807, 2.05) is 30.3 Å². The lowest BCUT2D eigenvalue weighted by molar-refractivity contribution is -0.140. The summed E-state index contributed by atoms with van der Waals surface area (Å²) in [7, 11) is 1.56. The molecule has 0 bridgehead atoms. The van der Waals surface area contributed by atoms with Gasteiger partial charge in [0.15, 0.2) is 0 Å². The van der Waals surface area contributed by atoms with Crippen LogP contribution >= 0.6 is 0 Å². The molecule has 3 rings (SSSR count). The van der Waals surface area contributed by atoms with Gasteiger partial charge in [-0.15, -0.1) is 0 Å². The smallest absolute Gasteiger partial charge is 0.326 e. The van der Waals surface area contributed by atoms with Gasteiger partial charge in [0.1, 0.15) is 24.4 Å². The first kappa shape index (κ1) is 25.7. The summed E-state index contributed by atoms with van der Waals surface area (Å²) in [5.41, 5.74) is 1.08. The number of hydrogen-bond donors (Lipinski definition) is 4. The Labute approximate surface area is 202 Å². The number of benzene rings is 2. The zero-order chi connectivity index (χ0) is 25.4. The minimum atomic E-state index is -1.33. The number of hydrogen-bond acceptors (Lipinski definition) is 6. The fourth-order valence-corrected chi connectivity index (χ4v) is 3.81. The van der Waals surface area contributed by atoms with Gasteiger partial charge >= 0.3 is 5.97 Å². The number of para-hydroxylation sites is 1. The van der Waals surface area contributed by atoms with Gasteiger partial charge in [0, 0.05) is 13.5 Å². The number of aliphatic hydroxyl groups is 1. The molecule has 2 aromatic rings. The van der Waals surface area contributed by atoms with Gasteiger partial charge in [0.05, 0.1) is 18.2 Å². The highest BCUT2D eigenvalue weighted by atomic mass is 16.5. The van der Waals surface area contributed by atoms with E-state index in [-0.39, 0.29) is 30.8 Å². The number of carbonyl (C=O) groups is 4. The maximum absolute atomic E-state index is 13.2. The molecule has 0 radical (unpaired) electrons. The van der Waals surface area contributed by atoms with Crippen molar-refractivity contribution in [2.45, 2.75) is 37.4 Å². The zero-order valence-electron chi connectivity index (χ0n) is 19.3. The van der Waals surface area contributed by atoms with Crippen LogP contribution < -0.4 is 15.4 Å². The topological polar surface area (TPSA) is 145 Å². The van der Waals surface area contributed by atoms with Crippen LogP contribution in [0.4, 0.5) is 0 Å². The molecule has 10 nitrogen and oxygen atoms in total. The van der Waals surface area contributed by atoms with Crippen LogP contribution in [-0.2, 0) is 20.8 Å². The van der Waals surface area contributed by atoms with Crippen LogP contribution in [0.25, 0.3) is 0 Å². The van der Waals surface area contributed by atoms with Crippen molar-refractivity contribution in [2.24, 2.45) is 0 Å². The van der Waals surface area contributed by atoms with Gasteiger partial charge < -0.3 is 30.5 Å². The Bertz CT molecular complexity index is 1060. The summed E-state index contributed by atoms with van der Waals surface area (Å²) < 4.78 is 5.97. The van der Waals surface area contributed by atoms with Crippen LogP contribution in [0.2, 0.25) is 0 Å². The number of likely N-dealkylation sites (N-methyl/N-ethyl adjacent to an activating group) is 1. The minimum absolute atomic E-state index is 0.00980. The number of rotatable bonds is 4. The Morgan fingerprint density at radius 3 is 2.43 bits per heavy atom. The number of carboxylic acid groups (broad SMARTS) is 1. The van der Waals surface area contributed by atoms with Crippen LogP contribution in [-0.4, -0.2) is 77.2 Å². The molecule has 3 atom stereocenters. The van der Waals surface area contributed by atoms with Crippen molar-refractivity contribution in [3.8, 4) is 5.75 Å². The standard InChI is InChI=1S/C25H29N3O7/c1-28-17(13-16-7-3-2-4-8-16)15-35-21-10-6-5-9-18(21)23(31)27-19(25(33)34)11-12-22(30)26-20(14-29)24(28)32/h2-10,17,19-20,29H,11-15H2,1H3,(H,26,30)(H,27,31)(H,33,34)/t17-,19+,20+/m1/s1. The third-order valence-corrected chi connectivity index (χ3v) is 5.85.